The molecule has 0 spiro atoms. The Hall–Kier alpha value is -1.72. The van der Waals surface area contributed by atoms with Gasteiger partial charge < -0.3 is 9.84 Å². The number of rotatable bonds is 4. The Labute approximate surface area is 99.7 Å². The average Bonchev–Trinajstić information content (AvgIpc) is 2.72. The number of aliphatic hydroxyl groups excluding tert-OH is 1. The summed E-state index contributed by atoms with van der Waals surface area (Å²) in [6.07, 6.45) is 0. The number of hydrogen-bond acceptors (Lipinski definition) is 4. The van der Waals surface area contributed by atoms with Gasteiger partial charge in [-0.3, -0.25) is 4.68 Å². The van der Waals surface area contributed by atoms with Crippen LogP contribution < -0.4 is 0 Å². The molecule has 0 amide bonds. The monoisotopic (exact) mass is 233 g/mol. The van der Waals surface area contributed by atoms with Crippen LogP contribution >= 0.6 is 0 Å². The zero-order valence-corrected chi connectivity index (χ0v) is 9.92. The van der Waals surface area contributed by atoms with Crippen molar-refractivity contribution >= 4 is 0 Å². The first-order chi connectivity index (χ1) is 8.24. The van der Waals surface area contributed by atoms with Gasteiger partial charge in [0.2, 0.25) is 0 Å². The maximum Gasteiger partial charge on any atom is 0.181 e. The van der Waals surface area contributed by atoms with E-state index in [1.165, 1.54) is 0 Å². The number of aryl methyl sites for hydroxylation is 1. The Morgan fingerprint density at radius 2 is 2.00 bits per heavy atom. The maximum absolute atomic E-state index is 8.97. The first-order valence-corrected chi connectivity index (χ1v) is 5.33. The van der Waals surface area contributed by atoms with Gasteiger partial charge in [0.1, 0.15) is 6.61 Å². The van der Waals surface area contributed by atoms with Crippen LogP contribution in [0.2, 0.25) is 0 Å². The van der Waals surface area contributed by atoms with E-state index in [0.717, 1.165) is 17.0 Å². The van der Waals surface area contributed by atoms with E-state index in [4.69, 9.17) is 9.84 Å². The largest absolute Gasteiger partial charge is 0.392 e. The lowest BCUT2D eigenvalue weighted by Crippen LogP contribution is -2.00. The van der Waals surface area contributed by atoms with Gasteiger partial charge in [-0.1, -0.05) is 24.3 Å². The molecule has 1 N–H and O–H groups in total. The van der Waals surface area contributed by atoms with E-state index in [1.54, 1.807) is 11.8 Å². The van der Waals surface area contributed by atoms with Crippen molar-refractivity contribution in [3.63, 3.8) is 0 Å². The molecule has 1 aromatic carbocycles. The van der Waals surface area contributed by atoms with E-state index in [9.17, 15) is 0 Å². The molecular weight excluding hydrogens is 218 g/mol. The Balaban J connectivity index is 2.29. The lowest BCUT2D eigenvalue weighted by Gasteiger charge is -1.97. The highest BCUT2D eigenvalue weighted by molar-refractivity contribution is 5.54. The molecule has 5 heteroatoms. The Bertz CT molecular complexity index is 491. The number of aromatic nitrogens is 3. The fourth-order valence-corrected chi connectivity index (χ4v) is 1.55. The van der Waals surface area contributed by atoms with Gasteiger partial charge in [0.15, 0.2) is 11.6 Å². The summed E-state index contributed by atoms with van der Waals surface area (Å²) in [6.45, 7) is 0.489. The molecular formula is C12H15N3O2. The number of nitrogens with zero attached hydrogens (tertiary/aromatic N) is 3. The van der Waals surface area contributed by atoms with Gasteiger partial charge in [0.05, 0.1) is 6.61 Å². The highest BCUT2D eigenvalue weighted by atomic mass is 16.5. The fourth-order valence-electron chi connectivity index (χ4n) is 1.55. The molecule has 2 aromatic rings. The quantitative estimate of drug-likeness (QED) is 0.859. The van der Waals surface area contributed by atoms with Crippen LogP contribution in [0.25, 0.3) is 11.4 Å². The second kappa shape index (κ2) is 5.07. The summed E-state index contributed by atoms with van der Waals surface area (Å²) >= 11 is 0. The second-order valence-electron chi connectivity index (χ2n) is 3.76. The minimum Gasteiger partial charge on any atom is -0.392 e. The molecule has 0 aliphatic carbocycles. The summed E-state index contributed by atoms with van der Waals surface area (Å²) in [5.41, 5.74) is 1.81. The molecule has 0 saturated heterocycles. The fraction of sp³-hybridized carbons (Fsp3) is 0.333. The number of ether oxygens (including phenoxy) is 1. The third-order valence-corrected chi connectivity index (χ3v) is 2.52. The minimum absolute atomic E-state index is 0.0465. The molecule has 2 rings (SSSR count). The Kier molecular flexibility index (Phi) is 3.51. The van der Waals surface area contributed by atoms with Crippen molar-refractivity contribution in [2.45, 2.75) is 13.2 Å². The lowest BCUT2D eigenvalue weighted by molar-refractivity contribution is 0.174. The number of methoxy groups -OCH3 is 1. The van der Waals surface area contributed by atoms with Gasteiger partial charge in [-0.15, -0.1) is 0 Å². The van der Waals surface area contributed by atoms with Gasteiger partial charge in [-0.05, 0) is 5.56 Å². The molecule has 0 aliphatic heterocycles. The lowest BCUT2D eigenvalue weighted by atomic mass is 10.1. The zero-order valence-electron chi connectivity index (χ0n) is 9.92. The second-order valence-corrected chi connectivity index (χ2v) is 3.76. The van der Waals surface area contributed by atoms with Crippen LogP contribution in [0.15, 0.2) is 24.3 Å². The van der Waals surface area contributed by atoms with Crippen molar-refractivity contribution in [3.05, 3.63) is 35.7 Å². The molecule has 0 radical (unpaired) electrons. The first kappa shape index (κ1) is 11.8. The smallest absolute Gasteiger partial charge is 0.181 e. The zero-order chi connectivity index (χ0) is 12.3. The van der Waals surface area contributed by atoms with Crippen molar-refractivity contribution < 1.29 is 9.84 Å². The maximum atomic E-state index is 8.97. The van der Waals surface area contributed by atoms with E-state index >= 15 is 0 Å². The first-order valence-electron chi connectivity index (χ1n) is 5.33. The topological polar surface area (TPSA) is 60.2 Å². The molecule has 1 aromatic heterocycles. The van der Waals surface area contributed by atoms with Gasteiger partial charge >= 0.3 is 0 Å². The SMILES string of the molecule is COCc1nc(-c2ccc(CO)cc2)nn1C. The van der Waals surface area contributed by atoms with Gasteiger partial charge in [0.25, 0.3) is 0 Å². The number of benzene rings is 1. The van der Waals surface area contributed by atoms with Crippen molar-refractivity contribution in [3.8, 4) is 11.4 Å². The van der Waals surface area contributed by atoms with Crippen LogP contribution in [0, 0.1) is 0 Å². The van der Waals surface area contributed by atoms with Crippen molar-refractivity contribution in [1.29, 1.82) is 0 Å². The normalized spacial score (nSPS) is 10.8. The summed E-state index contributed by atoms with van der Waals surface area (Å²) < 4.78 is 6.75. The van der Waals surface area contributed by atoms with E-state index in [1.807, 2.05) is 31.3 Å². The van der Waals surface area contributed by atoms with E-state index in [0.29, 0.717) is 12.4 Å². The molecule has 0 atom stereocenters. The highest BCUT2D eigenvalue weighted by Crippen LogP contribution is 2.16. The Morgan fingerprint density at radius 3 is 2.59 bits per heavy atom. The van der Waals surface area contributed by atoms with Gasteiger partial charge in [-0.25, -0.2) is 4.98 Å². The van der Waals surface area contributed by atoms with E-state index < -0.39 is 0 Å². The molecule has 0 fully saturated rings. The molecule has 0 saturated carbocycles. The van der Waals surface area contributed by atoms with Crippen LogP contribution in [0.5, 0.6) is 0 Å². The minimum atomic E-state index is 0.0465. The predicted octanol–water partition coefficient (Wildman–Crippen LogP) is 1.12. The summed E-state index contributed by atoms with van der Waals surface area (Å²) in [6, 6.07) is 7.53. The van der Waals surface area contributed by atoms with Crippen LogP contribution in [0.4, 0.5) is 0 Å². The summed E-state index contributed by atoms with van der Waals surface area (Å²) in [7, 11) is 3.47. The van der Waals surface area contributed by atoms with Crippen LogP contribution in [-0.4, -0.2) is 27.0 Å². The molecule has 90 valence electrons. The summed E-state index contributed by atoms with van der Waals surface area (Å²) in [5.74, 6) is 1.46. The number of aliphatic hydroxyl groups is 1. The molecule has 1 heterocycles. The van der Waals surface area contributed by atoms with E-state index in [-0.39, 0.29) is 6.61 Å². The molecule has 5 nitrogen and oxygen atoms in total. The molecule has 0 unspecified atom stereocenters. The van der Waals surface area contributed by atoms with Gasteiger partial charge in [-0.2, -0.15) is 5.10 Å². The van der Waals surface area contributed by atoms with Crippen molar-refractivity contribution in [2.24, 2.45) is 7.05 Å². The molecule has 17 heavy (non-hydrogen) atoms. The third-order valence-electron chi connectivity index (χ3n) is 2.52. The predicted molar refractivity (Wildman–Crippen MR) is 63.1 cm³/mol. The van der Waals surface area contributed by atoms with Crippen LogP contribution in [0.3, 0.4) is 0 Å². The van der Waals surface area contributed by atoms with Gasteiger partial charge in [0, 0.05) is 19.7 Å². The third kappa shape index (κ3) is 2.51. The number of hydrogen-bond donors (Lipinski definition) is 1. The van der Waals surface area contributed by atoms with E-state index in [2.05, 4.69) is 10.1 Å². The standard InChI is InChI=1S/C12H15N3O2/c1-15-11(8-17-2)13-12(14-15)10-5-3-9(7-16)4-6-10/h3-6,16H,7-8H2,1-2H3. The summed E-state index contributed by atoms with van der Waals surface area (Å²) in [5, 5.41) is 13.3. The highest BCUT2D eigenvalue weighted by Gasteiger charge is 2.08. The average molecular weight is 233 g/mol. The van der Waals surface area contributed by atoms with Crippen LogP contribution in [-0.2, 0) is 25.0 Å². The summed E-state index contributed by atoms with van der Waals surface area (Å²) in [4.78, 5) is 4.39. The molecule has 0 aliphatic rings. The Morgan fingerprint density at radius 1 is 1.29 bits per heavy atom. The molecule has 0 bridgehead atoms. The van der Waals surface area contributed by atoms with Crippen molar-refractivity contribution in [1.82, 2.24) is 14.8 Å². The van der Waals surface area contributed by atoms with Crippen molar-refractivity contribution in [2.75, 3.05) is 7.11 Å². The van der Waals surface area contributed by atoms with Crippen LogP contribution in [0.1, 0.15) is 11.4 Å².